The lowest BCUT2D eigenvalue weighted by atomic mass is 10.2. The second-order valence-corrected chi connectivity index (χ2v) is 6.29. The molecule has 0 aliphatic heterocycles. The van der Waals surface area contributed by atoms with Crippen LogP contribution in [0.15, 0.2) is 29.6 Å². The van der Waals surface area contributed by atoms with Crippen LogP contribution in [0.1, 0.15) is 17.7 Å². The van der Waals surface area contributed by atoms with Crippen LogP contribution in [-0.4, -0.2) is 13.6 Å². The van der Waals surface area contributed by atoms with Crippen molar-refractivity contribution in [3.63, 3.8) is 0 Å². The van der Waals surface area contributed by atoms with Gasteiger partial charge >= 0.3 is 0 Å². The van der Waals surface area contributed by atoms with Crippen LogP contribution in [0.2, 0.25) is 10.0 Å². The van der Waals surface area contributed by atoms with Gasteiger partial charge in [-0.3, -0.25) is 0 Å². The molecular formula is C15H17Cl2NOS. The molecule has 0 bridgehead atoms. The normalized spacial score (nSPS) is 10.8. The Kier molecular flexibility index (Phi) is 6.17. The molecule has 0 radical (unpaired) electrons. The predicted molar refractivity (Wildman–Crippen MR) is 87.7 cm³/mol. The second-order valence-electron chi connectivity index (χ2n) is 4.45. The fourth-order valence-electron chi connectivity index (χ4n) is 1.86. The smallest absolute Gasteiger partial charge is 0.147 e. The van der Waals surface area contributed by atoms with Crippen molar-refractivity contribution < 1.29 is 4.74 Å². The molecule has 0 atom stereocenters. The molecule has 0 aliphatic rings. The topological polar surface area (TPSA) is 21.3 Å². The van der Waals surface area contributed by atoms with Gasteiger partial charge in [-0.05, 0) is 56.4 Å². The monoisotopic (exact) mass is 329 g/mol. The fraction of sp³-hybridized carbons (Fsp3) is 0.333. The molecule has 0 saturated heterocycles. The largest absolute Gasteiger partial charge is 0.455 e. The first-order valence-electron chi connectivity index (χ1n) is 6.54. The van der Waals surface area contributed by atoms with Gasteiger partial charge in [0.25, 0.3) is 0 Å². The van der Waals surface area contributed by atoms with Crippen LogP contribution in [0.3, 0.4) is 0 Å². The zero-order valence-corrected chi connectivity index (χ0v) is 13.6. The van der Waals surface area contributed by atoms with E-state index in [0.29, 0.717) is 15.8 Å². The molecule has 1 N–H and O–H groups in total. The van der Waals surface area contributed by atoms with E-state index in [4.69, 9.17) is 27.9 Å². The van der Waals surface area contributed by atoms with Gasteiger partial charge in [-0.15, -0.1) is 11.3 Å². The second kappa shape index (κ2) is 7.89. The highest BCUT2D eigenvalue weighted by atomic mass is 35.5. The van der Waals surface area contributed by atoms with Crippen molar-refractivity contribution in [2.45, 2.75) is 19.3 Å². The number of halogens is 2. The summed E-state index contributed by atoms with van der Waals surface area (Å²) in [6.45, 7) is 1.04. The Bertz CT molecular complexity index is 557. The standard InChI is InChI=1S/C15H17Cl2NOS/c1-18-8-3-2-4-15-13(7-9-20-15)19-14-10-11(16)5-6-12(14)17/h5-7,9-10,18H,2-4,8H2,1H3. The van der Waals surface area contributed by atoms with E-state index in [1.54, 1.807) is 29.5 Å². The summed E-state index contributed by atoms with van der Waals surface area (Å²) in [5.74, 6) is 1.48. The van der Waals surface area contributed by atoms with Gasteiger partial charge in [0.15, 0.2) is 0 Å². The molecule has 108 valence electrons. The number of nitrogens with one attached hydrogen (secondary N) is 1. The first kappa shape index (κ1) is 15.6. The van der Waals surface area contributed by atoms with Crippen LogP contribution >= 0.6 is 34.5 Å². The van der Waals surface area contributed by atoms with E-state index in [-0.39, 0.29) is 0 Å². The Morgan fingerprint density at radius 3 is 2.80 bits per heavy atom. The minimum Gasteiger partial charge on any atom is -0.455 e. The minimum absolute atomic E-state index is 0.571. The van der Waals surface area contributed by atoms with Crippen molar-refractivity contribution in [2.75, 3.05) is 13.6 Å². The van der Waals surface area contributed by atoms with Crippen LogP contribution in [0.25, 0.3) is 0 Å². The van der Waals surface area contributed by atoms with Crippen molar-refractivity contribution in [3.05, 3.63) is 44.6 Å². The number of thiophene rings is 1. The Balaban J connectivity index is 2.02. The average Bonchev–Trinajstić information content (AvgIpc) is 2.86. The SMILES string of the molecule is CNCCCCc1sccc1Oc1cc(Cl)ccc1Cl. The van der Waals surface area contributed by atoms with Gasteiger partial charge in [0.1, 0.15) is 11.5 Å². The third-order valence-corrected chi connectivity index (χ3v) is 4.41. The van der Waals surface area contributed by atoms with Crippen molar-refractivity contribution in [2.24, 2.45) is 0 Å². The molecule has 1 aromatic carbocycles. The molecule has 2 aromatic rings. The number of benzene rings is 1. The number of unbranched alkanes of at least 4 members (excludes halogenated alkanes) is 1. The van der Waals surface area contributed by atoms with E-state index in [1.165, 1.54) is 4.88 Å². The first-order valence-corrected chi connectivity index (χ1v) is 8.18. The molecule has 1 heterocycles. The third-order valence-electron chi connectivity index (χ3n) is 2.90. The van der Waals surface area contributed by atoms with E-state index in [0.717, 1.165) is 31.6 Å². The zero-order valence-electron chi connectivity index (χ0n) is 11.3. The molecule has 0 unspecified atom stereocenters. The van der Waals surface area contributed by atoms with Crippen molar-refractivity contribution in [1.29, 1.82) is 0 Å². The summed E-state index contributed by atoms with van der Waals surface area (Å²) in [7, 11) is 1.97. The van der Waals surface area contributed by atoms with Gasteiger partial charge in [-0.1, -0.05) is 23.2 Å². The summed E-state index contributed by atoms with van der Waals surface area (Å²) < 4.78 is 5.90. The number of hydrogen-bond acceptors (Lipinski definition) is 3. The van der Waals surface area contributed by atoms with Gasteiger partial charge in [-0.25, -0.2) is 0 Å². The number of ether oxygens (including phenoxy) is 1. The third kappa shape index (κ3) is 4.38. The highest BCUT2D eigenvalue weighted by Crippen LogP contribution is 2.35. The summed E-state index contributed by atoms with van der Waals surface area (Å²) in [5, 5.41) is 6.39. The Labute approximate surface area is 133 Å². The summed E-state index contributed by atoms with van der Waals surface area (Å²) >= 11 is 13.8. The van der Waals surface area contributed by atoms with Gasteiger partial charge in [0.2, 0.25) is 0 Å². The maximum atomic E-state index is 6.12. The van der Waals surface area contributed by atoms with E-state index >= 15 is 0 Å². The molecule has 5 heteroatoms. The highest BCUT2D eigenvalue weighted by molar-refractivity contribution is 7.10. The van der Waals surface area contributed by atoms with Crippen molar-refractivity contribution >= 4 is 34.5 Å². The average molecular weight is 330 g/mol. The van der Waals surface area contributed by atoms with Gasteiger partial charge in [0, 0.05) is 16.0 Å². The molecule has 0 saturated carbocycles. The minimum atomic E-state index is 0.571. The zero-order chi connectivity index (χ0) is 14.4. The van der Waals surface area contributed by atoms with Crippen molar-refractivity contribution in [1.82, 2.24) is 5.32 Å². The Hall–Kier alpha value is -0.740. The van der Waals surface area contributed by atoms with E-state index in [2.05, 4.69) is 5.32 Å². The van der Waals surface area contributed by atoms with Crippen LogP contribution in [0.4, 0.5) is 0 Å². The predicted octanol–water partition coefficient (Wildman–Crippen LogP) is 5.39. The Morgan fingerprint density at radius 1 is 1.15 bits per heavy atom. The van der Waals surface area contributed by atoms with Gasteiger partial charge in [-0.2, -0.15) is 0 Å². The maximum absolute atomic E-state index is 6.12. The van der Waals surface area contributed by atoms with Crippen LogP contribution in [-0.2, 0) is 6.42 Å². The van der Waals surface area contributed by atoms with Crippen LogP contribution in [0, 0.1) is 0 Å². The highest BCUT2D eigenvalue weighted by Gasteiger charge is 2.09. The maximum Gasteiger partial charge on any atom is 0.147 e. The first-order chi connectivity index (χ1) is 9.70. The number of rotatable bonds is 7. The van der Waals surface area contributed by atoms with Crippen molar-refractivity contribution in [3.8, 4) is 11.5 Å². The molecule has 2 nitrogen and oxygen atoms in total. The van der Waals surface area contributed by atoms with Gasteiger partial charge < -0.3 is 10.1 Å². The van der Waals surface area contributed by atoms with E-state index in [1.807, 2.05) is 18.5 Å². The molecular weight excluding hydrogens is 313 g/mol. The lowest BCUT2D eigenvalue weighted by Gasteiger charge is -2.09. The van der Waals surface area contributed by atoms with Gasteiger partial charge in [0.05, 0.1) is 5.02 Å². The summed E-state index contributed by atoms with van der Waals surface area (Å²) in [6.07, 6.45) is 3.32. The van der Waals surface area contributed by atoms with E-state index < -0.39 is 0 Å². The Morgan fingerprint density at radius 2 is 2.00 bits per heavy atom. The summed E-state index contributed by atoms with van der Waals surface area (Å²) in [5.41, 5.74) is 0. The molecule has 0 aliphatic carbocycles. The summed E-state index contributed by atoms with van der Waals surface area (Å²) in [6, 6.07) is 7.23. The molecule has 20 heavy (non-hydrogen) atoms. The number of aryl methyl sites for hydroxylation is 1. The number of hydrogen-bond donors (Lipinski definition) is 1. The molecule has 2 rings (SSSR count). The molecule has 0 amide bonds. The van der Waals surface area contributed by atoms with Crippen LogP contribution < -0.4 is 10.1 Å². The lowest BCUT2D eigenvalue weighted by Crippen LogP contribution is -2.07. The van der Waals surface area contributed by atoms with Crippen LogP contribution in [0.5, 0.6) is 11.5 Å². The molecule has 0 fully saturated rings. The van der Waals surface area contributed by atoms with E-state index in [9.17, 15) is 0 Å². The fourth-order valence-corrected chi connectivity index (χ4v) is 3.03. The molecule has 0 spiro atoms. The quantitative estimate of drug-likeness (QED) is 0.687. The molecule has 1 aromatic heterocycles. The lowest BCUT2D eigenvalue weighted by molar-refractivity contribution is 0.478. The summed E-state index contributed by atoms with van der Waals surface area (Å²) in [4.78, 5) is 1.25.